The third-order valence-electron chi connectivity index (χ3n) is 6.16. The predicted molar refractivity (Wildman–Crippen MR) is 109 cm³/mol. The summed E-state index contributed by atoms with van der Waals surface area (Å²) in [6.07, 6.45) is 1.87. The van der Waals surface area contributed by atoms with Crippen molar-refractivity contribution >= 4 is 17.6 Å². The lowest BCUT2D eigenvalue weighted by Crippen LogP contribution is -2.47. The molecule has 2 saturated heterocycles. The van der Waals surface area contributed by atoms with Crippen molar-refractivity contribution in [3.05, 3.63) is 47.2 Å². The van der Waals surface area contributed by atoms with E-state index in [9.17, 15) is 9.59 Å². The Labute approximate surface area is 175 Å². The molecule has 1 aromatic carbocycles. The van der Waals surface area contributed by atoms with Crippen LogP contribution in [0.2, 0.25) is 0 Å². The smallest absolute Gasteiger partial charge is 0.253 e. The normalized spacial score (nSPS) is 20.6. The van der Waals surface area contributed by atoms with Gasteiger partial charge in [-0.15, -0.1) is 0 Å². The van der Waals surface area contributed by atoms with E-state index in [1.807, 2.05) is 46.8 Å². The van der Waals surface area contributed by atoms with E-state index in [0.717, 1.165) is 17.1 Å². The fraction of sp³-hybridized carbons (Fsp3) is 0.500. The molecule has 0 N–H and O–H groups in total. The summed E-state index contributed by atoms with van der Waals surface area (Å²) in [6.45, 7) is 5.56. The van der Waals surface area contributed by atoms with Crippen LogP contribution in [0.5, 0.6) is 0 Å². The zero-order valence-electron chi connectivity index (χ0n) is 17.2. The Morgan fingerprint density at radius 3 is 2.50 bits per heavy atom. The van der Waals surface area contributed by atoms with E-state index in [4.69, 9.17) is 9.47 Å². The van der Waals surface area contributed by atoms with Crippen LogP contribution in [0, 0.1) is 6.92 Å². The number of aromatic nitrogens is 2. The van der Waals surface area contributed by atoms with Crippen molar-refractivity contribution in [3.63, 3.8) is 0 Å². The molecule has 1 aromatic heterocycles. The molecule has 0 saturated carbocycles. The summed E-state index contributed by atoms with van der Waals surface area (Å²) in [5, 5.41) is 4.45. The van der Waals surface area contributed by atoms with Crippen LogP contribution in [-0.4, -0.2) is 58.6 Å². The summed E-state index contributed by atoms with van der Waals surface area (Å²) < 4.78 is 13.4. The second-order valence-electron chi connectivity index (χ2n) is 8.19. The van der Waals surface area contributed by atoms with Crippen LogP contribution < -0.4 is 4.90 Å². The highest BCUT2D eigenvalue weighted by Crippen LogP contribution is 2.32. The molecule has 4 heterocycles. The molecule has 0 radical (unpaired) electrons. The van der Waals surface area contributed by atoms with Gasteiger partial charge in [-0.3, -0.25) is 14.5 Å². The topological polar surface area (TPSA) is 76.9 Å². The van der Waals surface area contributed by atoms with E-state index in [2.05, 4.69) is 5.10 Å². The third-order valence-corrected chi connectivity index (χ3v) is 6.16. The average molecular weight is 410 g/mol. The molecule has 8 heteroatoms. The number of hydrogen-bond donors (Lipinski definition) is 0. The monoisotopic (exact) mass is 410 g/mol. The number of nitrogens with zero attached hydrogens (tertiary/aromatic N) is 4. The van der Waals surface area contributed by atoms with Gasteiger partial charge in [-0.2, -0.15) is 5.10 Å². The van der Waals surface area contributed by atoms with Gasteiger partial charge in [0.15, 0.2) is 5.79 Å². The van der Waals surface area contributed by atoms with Gasteiger partial charge >= 0.3 is 0 Å². The van der Waals surface area contributed by atoms with E-state index in [1.165, 1.54) is 0 Å². The quantitative estimate of drug-likeness (QED) is 0.775. The maximum Gasteiger partial charge on any atom is 0.253 e. The van der Waals surface area contributed by atoms with Crippen LogP contribution in [0.4, 0.5) is 5.82 Å². The van der Waals surface area contributed by atoms with E-state index >= 15 is 0 Å². The second kappa shape index (κ2) is 7.52. The van der Waals surface area contributed by atoms with Gasteiger partial charge < -0.3 is 14.4 Å². The molecule has 0 aliphatic carbocycles. The standard InChI is InChI=1S/C22H26N4O4/c1-16-14-19-25(20(27)6-9-26(19)23-16)15-17-2-4-18(5-3-17)21(28)24-10-7-22(8-11-24)29-12-13-30-22/h2-5,14H,6-13,15H2,1H3. The van der Waals surface area contributed by atoms with Crippen molar-refractivity contribution in [2.24, 2.45) is 0 Å². The average Bonchev–Trinajstić information content (AvgIpc) is 3.37. The summed E-state index contributed by atoms with van der Waals surface area (Å²) in [4.78, 5) is 29.0. The number of benzene rings is 1. The molecule has 2 aromatic rings. The molecule has 3 aliphatic heterocycles. The van der Waals surface area contributed by atoms with Crippen molar-refractivity contribution in [2.75, 3.05) is 31.2 Å². The zero-order valence-corrected chi connectivity index (χ0v) is 17.2. The Morgan fingerprint density at radius 2 is 1.80 bits per heavy atom. The Balaban J connectivity index is 1.25. The van der Waals surface area contributed by atoms with E-state index in [0.29, 0.717) is 64.2 Å². The van der Waals surface area contributed by atoms with Crippen molar-refractivity contribution in [3.8, 4) is 0 Å². The van der Waals surface area contributed by atoms with E-state index in [-0.39, 0.29) is 11.8 Å². The largest absolute Gasteiger partial charge is 0.347 e. The molecule has 30 heavy (non-hydrogen) atoms. The highest BCUT2D eigenvalue weighted by atomic mass is 16.7. The Kier molecular flexibility index (Phi) is 4.83. The Morgan fingerprint density at radius 1 is 1.10 bits per heavy atom. The van der Waals surface area contributed by atoms with Crippen LogP contribution in [-0.2, 0) is 27.4 Å². The number of aryl methyl sites for hydroxylation is 2. The maximum absolute atomic E-state index is 12.9. The molecule has 0 bridgehead atoms. The molecule has 0 unspecified atom stereocenters. The SMILES string of the molecule is Cc1cc2n(n1)CCC(=O)N2Cc1ccc(C(=O)N2CCC3(CC2)OCCO3)cc1. The Bertz CT molecular complexity index is 952. The van der Waals surface area contributed by atoms with Gasteiger partial charge in [0.2, 0.25) is 5.91 Å². The number of carbonyl (C=O) groups excluding carboxylic acids is 2. The van der Waals surface area contributed by atoms with E-state index in [1.54, 1.807) is 4.90 Å². The summed E-state index contributed by atoms with van der Waals surface area (Å²) >= 11 is 0. The first-order chi connectivity index (χ1) is 14.5. The number of amides is 2. The van der Waals surface area contributed by atoms with Crippen LogP contribution in [0.1, 0.15) is 40.9 Å². The minimum Gasteiger partial charge on any atom is -0.347 e. The van der Waals surface area contributed by atoms with E-state index < -0.39 is 5.79 Å². The molecule has 5 rings (SSSR count). The number of anilines is 1. The van der Waals surface area contributed by atoms with Gasteiger partial charge in [0.25, 0.3) is 5.91 Å². The lowest BCUT2D eigenvalue weighted by atomic mass is 10.0. The number of fused-ring (bicyclic) bond motifs is 1. The first-order valence-corrected chi connectivity index (χ1v) is 10.5. The summed E-state index contributed by atoms with van der Waals surface area (Å²) in [7, 11) is 0. The lowest BCUT2D eigenvalue weighted by Gasteiger charge is -2.37. The molecule has 8 nitrogen and oxygen atoms in total. The summed E-state index contributed by atoms with van der Waals surface area (Å²) in [6, 6.07) is 9.49. The first-order valence-electron chi connectivity index (χ1n) is 10.5. The summed E-state index contributed by atoms with van der Waals surface area (Å²) in [5.74, 6) is 0.479. The van der Waals surface area contributed by atoms with Gasteiger partial charge in [0.1, 0.15) is 5.82 Å². The second-order valence-corrected chi connectivity index (χ2v) is 8.19. The summed E-state index contributed by atoms with van der Waals surface area (Å²) in [5.41, 5.74) is 2.55. The fourth-order valence-corrected chi connectivity index (χ4v) is 4.50. The van der Waals surface area contributed by atoms with Gasteiger partial charge in [-0.25, -0.2) is 4.68 Å². The van der Waals surface area contributed by atoms with Crippen molar-refractivity contribution in [1.82, 2.24) is 14.7 Å². The number of ether oxygens (including phenoxy) is 2. The van der Waals surface area contributed by atoms with Crippen molar-refractivity contribution in [2.45, 2.75) is 45.1 Å². The van der Waals surface area contributed by atoms with Crippen LogP contribution in [0.15, 0.2) is 30.3 Å². The number of carbonyl (C=O) groups is 2. The molecule has 3 aliphatic rings. The first kappa shape index (κ1) is 19.3. The van der Waals surface area contributed by atoms with Gasteiger partial charge in [0.05, 0.1) is 32.0 Å². The number of piperidine rings is 1. The number of hydrogen-bond acceptors (Lipinski definition) is 5. The third kappa shape index (κ3) is 3.50. The molecular weight excluding hydrogens is 384 g/mol. The molecule has 0 atom stereocenters. The van der Waals surface area contributed by atoms with Crippen LogP contribution in [0.3, 0.4) is 0 Å². The lowest BCUT2D eigenvalue weighted by molar-refractivity contribution is -0.181. The number of likely N-dealkylation sites (tertiary alicyclic amines) is 1. The molecule has 2 fully saturated rings. The van der Waals surface area contributed by atoms with Gasteiger partial charge in [-0.1, -0.05) is 12.1 Å². The minimum absolute atomic E-state index is 0.0251. The van der Waals surface area contributed by atoms with Gasteiger partial charge in [-0.05, 0) is 24.6 Å². The van der Waals surface area contributed by atoms with Crippen molar-refractivity contribution in [1.29, 1.82) is 0 Å². The molecule has 158 valence electrons. The fourth-order valence-electron chi connectivity index (χ4n) is 4.50. The van der Waals surface area contributed by atoms with Gasteiger partial charge in [0, 0.05) is 44.0 Å². The predicted octanol–water partition coefficient (Wildman–Crippen LogP) is 2.11. The maximum atomic E-state index is 12.9. The zero-order chi connectivity index (χ0) is 20.7. The van der Waals surface area contributed by atoms with Crippen LogP contribution in [0.25, 0.3) is 0 Å². The highest BCUT2D eigenvalue weighted by Gasteiger charge is 2.40. The Hall–Kier alpha value is -2.71. The number of rotatable bonds is 3. The molecular formula is C22H26N4O4. The molecule has 2 amide bonds. The highest BCUT2D eigenvalue weighted by molar-refractivity contribution is 5.95. The minimum atomic E-state index is -0.480. The molecule has 1 spiro atoms. The van der Waals surface area contributed by atoms with Crippen LogP contribution >= 0.6 is 0 Å². The van der Waals surface area contributed by atoms with Crippen molar-refractivity contribution < 1.29 is 19.1 Å².